The average Bonchev–Trinajstić information content (AvgIpc) is 2.47. The average molecular weight is 302 g/mol. The highest BCUT2D eigenvalue weighted by atomic mass is 35.5. The van der Waals surface area contributed by atoms with Crippen LogP contribution in [-0.2, 0) is 0 Å². The van der Waals surface area contributed by atoms with Crippen molar-refractivity contribution in [2.75, 3.05) is 6.54 Å². The maximum absolute atomic E-state index is 6.23. The van der Waals surface area contributed by atoms with Crippen LogP contribution in [0.1, 0.15) is 42.2 Å². The van der Waals surface area contributed by atoms with E-state index in [9.17, 15) is 0 Å². The van der Waals surface area contributed by atoms with Crippen LogP contribution in [0.4, 0.5) is 0 Å². The zero-order valence-corrected chi connectivity index (χ0v) is 13.2. The molecule has 0 saturated heterocycles. The molecular weight excluding hydrogens is 282 g/mol. The number of aryl methyl sites for hydroxylation is 1. The Hall–Kier alpha value is -1.51. The van der Waals surface area contributed by atoms with Gasteiger partial charge >= 0.3 is 0 Å². The Balaban J connectivity index is 1.95. The molecule has 3 heteroatoms. The summed E-state index contributed by atoms with van der Waals surface area (Å²) in [6, 6.07) is 14.7. The summed E-state index contributed by atoms with van der Waals surface area (Å²) in [5.74, 6) is 0.981. The van der Waals surface area contributed by atoms with E-state index in [4.69, 9.17) is 16.3 Å². The number of halogens is 1. The number of hydrogen-bond acceptors (Lipinski definition) is 2. The van der Waals surface area contributed by atoms with E-state index in [0.717, 1.165) is 23.7 Å². The summed E-state index contributed by atoms with van der Waals surface area (Å²) in [4.78, 5) is 0. The Morgan fingerprint density at radius 1 is 1.19 bits per heavy atom. The van der Waals surface area contributed by atoms with Crippen LogP contribution >= 0.6 is 11.6 Å². The van der Waals surface area contributed by atoms with Crippen molar-refractivity contribution < 1.29 is 4.74 Å². The molecule has 0 fully saturated rings. The minimum Gasteiger partial charge on any atom is -0.485 e. The molecule has 2 atom stereocenters. The fourth-order valence-electron chi connectivity index (χ4n) is 3.05. The molecule has 0 saturated carbocycles. The molecule has 0 aromatic heterocycles. The Morgan fingerprint density at radius 2 is 2.00 bits per heavy atom. The number of hydrogen-bond donors (Lipinski definition) is 1. The summed E-state index contributed by atoms with van der Waals surface area (Å²) >= 11 is 6.06. The molecule has 0 amide bonds. The maximum Gasteiger partial charge on any atom is 0.126 e. The molecule has 2 nitrogen and oxygen atoms in total. The van der Waals surface area contributed by atoms with E-state index < -0.39 is 0 Å². The zero-order chi connectivity index (χ0) is 14.8. The summed E-state index contributed by atoms with van der Waals surface area (Å²) in [5, 5.41) is 4.34. The fraction of sp³-hybridized carbons (Fsp3) is 0.333. The Morgan fingerprint density at radius 3 is 2.76 bits per heavy atom. The molecule has 1 aliphatic rings. The first-order valence-electron chi connectivity index (χ1n) is 7.44. The molecular formula is C18H20ClNO. The minimum absolute atomic E-state index is 0.0706. The molecule has 2 unspecified atom stereocenters. The third-order valence-electron chi connectivity index (χ3n) is 4.04. The summed E-state index contributed by atoms with van der Waals surface area (Å²) in [5.41, 5.74) is 3.65. The Bertz CT molecular complexity index is 641. The van der Waals surface area contributed by atoms with Crippen LogP contribution in [0.25, 0.3) is 0 Å². The van der Waals surface area contributed by atoms with Gasteiger partial charge in [0.1, 0.15) is 11.9 Å². The van der Waals surface area contributed by atoms with E-state index in [2.05, 4.69) is 43.4 Å². The van der Waals surface area contributed by atoms with E-state index >= 15 is 0 Å². The minimum atomic E-state index is 0.0706. The van der Waals surface area contributed by atoms with Crippen molar-refractivity contribution in [3.05, 3.63) is 64.2 Å². The molecule has 0 aliphatic carbocycles. The topological polar surface area (TPSA) is 21.3 Å². The van der Waals surface area contributed by atoms with Gasteiger partial charge in [-0.05, 0) is 42.8 Å². The largest absolute Gasteiger partial charge is 0.485 e. The van der Waals surface area contributed by atoms with Crippen LogP contribution < -0.4 is 10.1 Å². The number of ether oxygens (including phenoxy) is 1. The SMILES string of the molecule is CCNC1CC(c2ccc(Cl)cc2C)Oc2ccccc21. The number of fused-ring (bicyclic) bond motifs is 1. The zero-order valence-electron chi connectivity index (χ0n) is 12.4. The lowest BCUT2D eigenvalue weighted by Crippen LogP contribution is -2.29. The normalized spacial score (nSPS) is 20.7. The predicted octanol–water partition coefficient (Wildman–Crippen LogP) is 4.82. The Kier molecular flexibility index (Phi) is 4.18. The summed E-state index contributed by atoms with van der Waals surface area (Å²) < 4.78 is 6.23. The van der Waals surface area contributed by atoms with E-state index in [0.29, 0.717) is 6.04 Å². The van der Waals surface area contributed by atoms with Crippen LogP contribution in [0.3, 0.4) is 0 Å². The van der Waals surface area contributed by atoms with Crippen molar-refractivity contribution in [3.8, 4) is 5.75 Å². The molecule has 2 aromatic carbocycles. The first-order chi connectivity index (χ1) is 10.2. The molecule has 3 rings (SSSR count). The highest BCUT2D eigenvalue weighted by Gasteiger charge is 2.29. The molecule has 0 spiro atoms. The van der Waals surface area contributed by atoms with E-state index in [1.165, 1.54) is 16.7 Å². The quantitative estimate of drug-likeness (QED) is 0.877. The van der Waals surface area contributed by atoms with Crippen molar-refractivity contribution in [2.24, 2.45) is 0 Å². The van der Waals surface area contributed by atoms with Gasteiger partial charge in [-0.3, -0.25) is 0 Å². The third kappa shape index (κ3) is 2.92. The van der Waals surface area contributed by atoms with Gasteiger partial charge in [0.05, 0.1) is 0 Å². The first kappa shape index (κ1) is 14.4. The first-order valence-corrected chi connectivity index (χ1v) is 7.82. The number of para-hydroxylation sites is 1. The van der Waals surface area contributed by atoms with Gasteiger partial charge in [-0.25, -0.2) is 0 Å². The summed E-state index contributed by atoms with van der Waals surface area (Å²) in [7, 11) is 0. The van der Waals surface area contributed by atoms with Gasteiger partial charge in [0.25, 0.3) is 0 Å². The maximum atomic E-state index is 6.23. The van der Waals surface area contributed by atoms with Crippen LogP contribution in [0.15, 0.2) is 42.5 Å². The van der Waals surface area contributed by atoms with Crippen molar-refractivity contribution in [1.29, 1.82) is 0 Å². The molecule has 0 bridgehead atoms. The number of benzene rings is 2. The molecule has 1 aliphatic heterocycles. The van der Waals surface area contributed by atoms with Crippen molar-refractivity contribution >= 4 is 11.6 Å². The molecule has 0 radical (unpaired) electrons. The van der Waals surface area contributed by atoms with Gasteiger partial charge in [-0.15, -0.1) is 0 Å². The van der Waals surface area contributed by atoms with Crippen LogP contribution in [-0.4, -0.2) is 6.54 Å². The van der Waals surface area contributed by atoms with Crippen molar-refractivity contribution in [2.45, 2.75) is 32.4 Å². The lowest BCUT2D eigenvalue weighted by Gasteiger charge is -2.33. The van der Waals surface area contributed by atoms with Crippen LogP contribution in [0, 0.1) is 6.92 Å². The van der Waals surface area contributed by atoms with Crippen molar-refractivity contribution in [1.82, 2.24) is 5.32 Å². The van der Waals surface area contributed by atoms with E-state index in [-0.39, 0.29) is 6.10 Å². The van der Waals surface area contributed by atoms with Crippen LogP contribution in [0.2, 0.25) is 5.02 Å². The second kappa shape index (κ2) is 6.08. The molecule has 1 N–H and O–H groups in total. The summed E-state index contributed by atoms with van der Waals surface area (Å²) in [6.07, 6.45) is 1.01. The fourth-order valence-corrected chi connectivity index (χ4v) is 3.28. The highest BCUT2D eigenvalue weighted by molar-refractivity contribution is 6.30. The lowest BCUT2D eigenvalue weighted by atomic mass is 9.91. The van der Waals surface area contributed by atoms with Gasteiger partial charge in [-0.2, -0.15) is 0 Å². The lowest BCUT2D eigenvalue weighted by molar-refractivity contribution is 0.151. The smallest absolute Gasteiger partial charge is 0.126 e. The standard InChI is InChI=1S/C18H20ClNO/c1-3-20-16-11-18(14-9-8-13(19)10-12(14)2)21-17-7-5-4-6-15(16)17/h4-10,16,18,20H,3,11H2,1-2H3. The summed E-state index contributed by atoms with van der Waals surface area (Å²) in [6.45, 7) is 5.18. The third-order valence-corrected chi connectivity index (χ3v) is 4.28. The van der Waals surface area contributed by atoms with E-state index in [1.54, 1.807) is 0 Å². The molecule has 21 heavy (non-hydrogen) atoms. The van der Waals surface area contributed by atoms with Gasteiger partial charge in [0, 0.05) is 23.0 Å². The monoisotopic (exact) mass is 301 g/mol. The molecule has 2 aromatic rings. The molecule has 110 valence electrons. The second-order valence-electron chi connectivity index (χ2n) is 5.49. The van der Waals surface area contributed by atoms with Gasteiger partial charge in [-0.1, -0.05) is 42.8 Å². The van der Waals surface area contributed by atoms with Gasteiger partial charge in [0.15, 0.2) is 0 Å². The number of rotatable bonds is 3. The second-order valence-corrected chi connectivity index (χ2v) is 5.93. The van der Waals surface area contributed by atoms with Gasteiger partial charge < -0.3 is 10.1 Å². The van der Waals surface area contributed by atoms with E-state index in [1.807, 2.05) is 18.2 Å². The van der Waals surface area contributed by atoms with Crippen LogP contribution in [0.5, 0.6) is 5.75 Å². The molecule has 1 heterocycles. The highest BCUT2D eigenvalue weighted by Crippen LogP contribution is 2.41. The van der Waals surface area contributed by atoms with Crippen molar-refractivity contribution in [3.63, 3.8) is 0 Å². The Labute approximate surface area is 131 Å². The predicted molar refractivity (Wildman–Crippen MR) is 87.0 cm³/mol. The number of nitrogens with one attached hydrogen (secondary N) is 1. The van der Waals surface area contributed by atoms with Gasteiger partial charge in [0.2, 0.25) is 0 Å².